The van der Waals surface area contributed by atoms with Crippen LogP contribution in [0.25, 0.3) is 0 Å². The second kappa shape index (κ2) is 6.94. The average Bonchev–Trinajstić information content (AvgIpc) is 2.98. The first-order valence-corrected chi connectivity index (χ1v) is 7.83. The van der Waals surface area contributed by atoms with Crippen LogP contribution in [0.5, 0.6) is 5.75 Å². The molecule has 118 valence electrons. The van der Waals surface area contributed by atoms with Crippen LogP contribution in [0.3, 0.4) is 0 Å². The number of aryl methyl sites for hydroxylation is 1. The van der Waals surface area contributed by atoms with E-state index in [1.807, 2.05) is 30.1 Å². The van der Waals surface area contributed by atoms with E-state index in [9.17, 15) is 0 Å². The SMILES string of the molecule is COc1ccccc1C1CNCCN1CCc1cnn(C)c1. The van der Waals surface area contributed by atoms with Crippen LogP contribution in [0.15, 0.2) is 36.7 Å². The van der Waals surface area contributed by atoms with E-state index in [1.54, 1.807) is 7.11 Å². The van der Waals surface area contributed by atoms with Crippen molar-refractivity contribution < 1.29 is 4.74 Å². The van der Waals surface area contributed by atoms with Gasteiger partial charge in [0.1, 0.15) is 5.75 Å². The molecule has 1 aromatic heterocycles. The van der Waals surface area contributed by atoms with Crippen molar-refractivity contribution in [2.24, 2.45) is 7.05 Å². The third-order valence-corrected chi connectivity index (χ3v) is 4.30. The predicted molar refractivity (Wildman–Crippen MR) is 87.1 cm³/mol. The van der Waals surface area contributed by atoms with Crippen LogP contribution in [-0.2, 0) is 13.5 Å². The molecule has 1 saturated heterocycles. The van der Waals surface area contributed by atoms with E-state index in [4.69, 9.17) is 4.74 Å². The number of rotatable bonds is 5. The molecule has 2 heterocycles. The smallest absolute Gasteiger partial charge is 0.123 e. The Morgan fingerprint density at radius 1 is 1.36 bits per heavy atom. The molecule has 5 heteroatoms. The summed E-state index contributed by atoms with van der Waals surface area (Å²) in [6, 6.07) is 8.70. The lowest BCUT2D eigenvalue weighted by Gasteiger charge is -2.37. The van der Waals surface area contributed by atoms with E-state index in [0.29, 0.717) is 6.04 Å². The fourth-order valence-electron chi connectivity index (χ4n) is 3.14. The van der Waals surface area contributed by atoms with Crippen molar-refractivity contribution in [3.63, 3.8) is 0 Å². The summed E-state index contributed by atoms with van der Waals surface area (Å²) in [6.45, 7) is 4.10. The van der Waals surface area contributed by atoms with E-state index in [-0.39, 0.29) is 0 Å². The molecular formula is C17H24N4O. The van der Waals surface area contributed by atoms with Gasteiger partial charge in [0, 0.05) is 45.0 Å². The Hall–Kier alpha value is -1.85. The van der Waals surface area contributed by atoms with Crippen LogP contribution in [0, 0.1) is 0 Å². The number of piperazine rings is 1. The van der Waals surface area contributed by atoms with Gasteiger partial charge >= 0.3 is 0 Å². The molecule has 1 fully saturated rings. The van der Waals surface area contributed by atoms with Crippen molar-refractivity contribution >= 4 is 0 Å². The van der Waals surface area contributed by atoms with E-state index >= 15 is 0 Å². The summed E-state index contributed by atoms with van der Waals surface area (Å²) in [5, 5.41) is 7.75. The second-order valence-electron chi connectivity index (χ2n) is 5.77. The first-order valence-electron chi connectivity index (χ1n) is 7.83. The Balaban J connectivity index is 1.73. The first kappa shape index (κ1) is 15.1. The number of hydrogen-bond donors (Lipinski definition) is 1. The highest BCUT2D eigenvalue weighted by molar-refractivity contribution is 5.36. The van der Waals surface area contributed by atoms with Gasteiger partial charge in [0.05, 0.1) is 19.3 Å². The third-order valence-electron chi connectivity index (χ3n) is 4.30. The molecule has 3 rings (SSSR count). The molecule has 1 aromatic carbocycles. The number of nitrogens with one attached hydrogen (secondary N) is 1. The van der Waals surface area contributed by atoms with Gasteiger partial charge in [-0.25, -0.2) is 0 Å². The molecule has 0 bridgehead atoms. The highest BCUT2D eigenvalue weighted by Gasteiger charge is 2.25. The molecule has 1 aliphatic rings. The molecule has 2 aromatic rings. The molecule has 0 amide bonds. The van der Waals surface area contributed by atoms with Gasteiger partial charge in [-0.1, -0.05) is 18.2 Å². The maximum Gasteiger partial charge on any atom is 0.123 e. The van der Waals surface area contributed by atoms with Crippen molar-refractivity contribution in [1.82, 2.24) is 20.0 Å². The molecule has 0 radical (unpaired) electrons. The molecule has 0 aliphatic carbocycles. The zero-order valence-electron chi connectivity index (χ0n) is 13.3. The number of para-hydroxylation sites is 1. The Labute approximate surface area is 131 Å². The van der Waals surface area contributed by atoms with Gasteiger partial charge in [-0.2, -0.15) is 5.10 Å². The monoisotopic (exact) mass is 300 g/mol. The van der Waals surface area contributed by atoms with Gasteiger partial charge in [0.2, 0.25) is 0 Å². The Kier molecular flexibility index (Phi) is 4.75. The lowest BCUT2D eigenvalue weighted by atomic mass is 10.0. The Bertz CT molecular complexity index is 610. The maximum absolute atomic E-state index is 5.55. The normalized spacial score (nSPS) is 19.3. The Morgan fingerprint density at radius 2 is 2.23 bits per heavy atom. The van der Waals surface area contributed by atoms with Gasteiger partial charge in [-0.05, 0) is 18.1 Å². The van der Waals surface area contributed by atoms with Crippen molar-refractivity contribution in [2.45, 2.75) is 12.5 Å². The topological polar surface area (TPSA) is 42.3 Å². The molecule has 0 spiro atoms. The molecule has 1 N–H and O–H groups in total. The quantitative estimate of drug-likeness (QED) is 0.911. The molecule has 0 saturated carbocycles. The zero-order chi connectivity index (χ0) is 15.4. The number of nitrogens with zero attached hydrogens (tertiary/aromatic N) is 3. The number of ether oxygens (including phenoxy) is 1. The summed E-state index contributed by atoms with van der Waals surface area (Å²) in [5.41, 5.74) is 2.56. The highest BCUT2D eigenvalue weighted by Crippen LogP contribution is 2.30. The van der Waals surface area contributed by atoms with E-state index in [2.05, 4.69) is 33.6 Å². The molecule has 22 heavy (non-hydrogen) atoms. The fraction of sp³-hybridized carbons (Fsp3) is 0.471. The van der Waals surface area contributed by atoms with Crippen molar-refractivity contribution in [3.05, 3.63) is 47.8 Å². The maximum atomic E-state index is 5.55. The van der Waals surface area contributed by atoms with E-state index < -0.39 is 0 Å². The Morgan fingerprint density at radius 3 is 3.00 bits per heavy atom. The predicted octanol–water partition coefficient (Wildman–Crippen LogP) is 1.62. The number of aromatic nitrogens is 2. The minimum absolute atomic E-state index is 0.363. The lowest BCUT2D eigenvalue weighted by molar-refractivity contribution is 0.161. The fourth-order valence-corrected chi connectivity index (χ4v) is 3.14. The number of methoxy groups -OCH3 is 1. The van der Waals surface area contributed by atoms with Crippen molar-refractivity contribution in [3.8, 4) is 5.75 Å². The van der Waals surface area contributed by atoms with E-state index in [1.165, 1.54) is 11.1 Å². The molecular weight excluding hydrogens is 276 g/mol. The van der Waals surface area contributed by atoms with Gasteiger partial charge in [-0.3, -0.25) is 9.58 Å². The lowest BCUT2D eigenvalue weighted by Crippen LogP contribution is -2.46. The van der Waals surface area contributed by atoms with Crippen LogP contribution in [0.2, 0.25) is 0 Å². The van der Waals surface area contributed by atoms with Crippen LogP contribution in [0.4, 0.5) is 0 Å². The summed E-state index contributed by atoms with van der Waals surface area (Å²) in [4.78, 5) is 2.54. The van der Waals surface area contributed by atoms with Gasteiger partial charge in [0.25, 0.3) is 0 Å². The zero-order valence-corrected chi connectivity index (χ0v) is 13.3. The highest BCUT2D eigenvalue weighted by atomic mass is 16.5. The number of benzene rings is 1. The number of hydrogen-bond acceptors (Lipinski definition) is 4. The molecule has 1 atom stereocenters. The van der Waals surface area contributed by atoms with Gasteiger partial charge in [-0.15, -0.1) is 0 Å². The summed E-state index contributed by atoms with van der Waals surface area (Å²) in [7, 11) is 3.71. The summed E-state index contributed by atoms with van der Waals surface area (Å²) in [5.74, 6) is 0.975. The minimum Gasteiger partial charge on any atom is -0.496 e. The standard InChI is InChI=1S/C17H24N4O/c1-20-13-14(11-19-20)7-9-21-10-8-18-12-16(21)15-5-3-4-6-17(15)22-2/h3-6,11,13,16,18H,7-10,12H2,1-2H3. The van der Waals surface area contributed by atoms with Crippen LogP contribution in [-0.4, -0.2) is 48.0 Å². The first-order chi connectivity index (χ1) is 10.8. The van der Waals surface area contributed by atoms with Crippen LogP contribution >= 0.6 is 0 Å². The molecule has 1 unspecified atom stereocenters. The largest absolute Gasteiger partial charge is 0.496 e. The summed E-state index contributed by atoms with van der Waals surface area (Å²) in [6.07, 6.45) is 5.08. The summed E-state index contributed by atoms with van der Waals surface area (Å²) >= 11 is 0. The van der Waals surface area contributed by atoms with Crippen LogP contribution < -0.4 is 10.1 Å². The molecule has 1 aliphatic heterocycles. The third kappa shape index (κ3) is 3.31. The van der Waals surface area contributed by atoms with Gasteiger partial charge < -0.3 is 10.1 Å². The van der Waals surface area contributed by atoms with Crippen LogP contribution in [0.1, 0.15) is 17.2 Å². The van der Waals surface area contributed by atoms with Gasteiger partial charge in [0.15, 0.2) is 0 Å². The summed E-state index contributed by atoms with van der Waals surface area (Å²) < 4.78 is 7.41. The van der Waals surface area contributed by atoms with Crippen molar-refractivity contribution in [1.29, 1.82) is 0 Å². The van der Waals surface area contributed by atoms with E-state index in [0.717, 1.165) is 38.3 Å². The molecule has 5 nitrogen and oxygen atoms in total. The second-order valence-corrected chi connectivity index (χ2v) is 5.77. The van der Waals surface area contributed by atoms with Crippen molar-refractivity contribution in [2.75, 3.05) is 33.3 Å². The minimum atomic E-state index is 0.363. The average molecular weight is 300 g/mol.